The molecule has 4 N–H and O–H groups in total. The number of methoxy groups -OCH3 is 1. The van der Waals surface area contributed by atoms with Gasteiger partial charge in [-0.3, -0.25) is 9.59 Å². The quantitative estimate of drug-likeness (QED) is 0.420. The molecule has 33 heavy (non-hydrogen) atoms. The number of fused-ring (bicyclic) bond motifs is 1. The third-order valence-corrected chi connectivity index (χ3v) is 5.33. The molecule has 1 aliphatic rings. The lowest BCUT2D eigenvalue weighted by molar-refractivity contribution is -0.119. The summed E-state index contributed by atoms with van der Waals surface area (Å²) in [5.41, 5.74) is 4.29. The Bertz CT molecular complexity index is 1140. The molecule has 3 aromatic rings. The standard InChI is InChI=1S/C24H26N6O3/c1-25-23(32)20-13-26-24(29-18-9-5-8-17(12-18)27-21(31)14-33-2)30-22(20)28-19-10-15-6-3-4-7-16(15)11-19/h3-9,12-13,19H,10-11,14H2,1-2H3,(H,25,32)(H,27,31)(H2,26,28,29,30). The van der Waals surface area contributed by atoms with E-state index in [-0.39, 0.29) is 24.5 Å². The van der Waals surface area contributed by atoms with E-state index in [0.29, 0.717) is 28.7 Å². The number of nitrogens with one attached hydrogen (secondary N) is 4. The van der Waals surface area contributed by atoms with Crippen molar-refractivity contribution < 1.29 is 14.3 Å². The SMILES string of the molecule is CNC(=O)c1cnc(Nc2cccc(NC(=O)COC)c2)nc1NC1Cc2ccccc2C1. The lowest BCUT2D eigenvalue weighted by Crippen LogP contribution is -2.26. The van der Waals surface area contributed by atoms with Gasteiger partial charge in [0.1, 0.15) is 18.0 Å². The van der Waals surface area contributed by atoms with E-state index < -0.39 is 0 Å². The summed E-state index contributed by atoms with van der Waals surface area (Å²) in [6.07, 6.45) is 3.22. The molecule has 2 aromatic carbocycles. The van der Waals surface area contributed by atoms with Crippen molar-refractivity contribution in [3.63, 3.8) is 0 Å². The summed E-state index contributed by atoms with van der Waals surface area (Å²) in [5, 5.41) is 12.0. The molecule has 170 valence electrons. The van der Waals surface area contributed by atoms with Crippen molar-refractivity contribution >= 4 is 35.0 Å². The first-order chi connectivity index (χ1) is 16.1. The van der Waals surface area contributed by atoms with Crippen LogP contribution in [0.5, 0.6) is 0 Å². The van der Waals surface area contributed by atoms with Gasteiger partial charge >= 0.3 is 0 Å². The van der Waals surface area contributed by atoms with Gasteiger partial charge in [0.05, 0.1) is 0 Å². The van der Waals surface area contributed by atoms with E-state index in [1.54, 1.807) is 25.2 Å². The van der Waals surface area contributed by atoms with E-state index in [9.17, 15) is 9.59 Å². The van der Waals surface area contributed by atoms with E-state index in [1.165, 1.54) is 24.4 Å². The second kappa shape index (κ2) is 10.1. The van der Waals surface area contributed by atoms with Crippen LogP contribution in [0.2, 0.25) is 0 Å². The lowest BCUT2D eigenvalue weighted by Gasteiger charge is -2.17. The minimum atomic E-state index is -0.262. The Hall–Kier alpha value is -3.98. The summed E-state index contributed by atoms with van der Waals surface area (Å²) in [6.45, 7) is -0.0260. The number of hydrogen-bond donors (Lipinski definition) is 4. The summed E-state index contributed by atoms with van der Waals surface area (Å²) in [4.78, 5) is 33.1. The molecule has 1 heterocycles. The number of carbonyl (C=O) groups excluding carboxylic acids is 2. The van der Waals surface area contributed by atoms with Crippen molar-refractivity contribution in [2.45, 2.75) is 18.9 Å². The number of amides is 2. The van der Waals surface area contributed by atoms with Crippen LogP contribution >= 0.6 is 0 Å². The maximum Gasteiger partial charge on any atom is 0.256 e. The van der Waals surface area contributed by atoms with Crippen LogP contribution < -0.4 is 21.3 Å². The van der Waals surface area contributed by atoms with Gasteiger partial charge in [-0.1, -0.05) is 30.3 Å². The van der Waals surface area contributed by atoms with Crippen LogP contribution in [0.3, 0.4) is 0 Å². The minimum absolute atomic E-state index is 0.0260. The highest BCUT2D eigenvalue weighted by Crippen LogP contribution is 2.26. The van der Waals surface area contributed by atoms with Crippen molar-refractivity contribution in [2.24, 2.45) is 0 Å². The van der Waals surface area contributed by atoms with Gasteiger partial charge in [0, 0.05) is 37.8 Å². The maximum atomic E-state index is 12.4. The van der Waals surface area contributed by atoms with E-state index in [0.717, 1.165) is 12.8 Å². The molecular weight excluding hydrogens is 420 g/mol. The van der Waals surface area contributed by atoms with Crippen LogP contribution in [0, 0.1) is 0 Å². The van der Waals surface area contributed by atoms with Crippen molar-refractivity contribution in [1.82, 2.24) is 15.3 Å². The van der Waals surface area contributed by atoms with E-state index in [4.69, 9.17) is 4.74 Å². The Morgan fingerprint density at radius 1 is 1.06 bits per heavy atom. The van der Waals surface area contributed by atoms with Crippen LogP contribution in [0.4, 0.5) is 23.1 Å². The van der Waals surface area contributed by atoms with Crippen LogP contribution in [-0.4, -0.2) is 48.6 Å². The third kappa shape index (κ3) is 5.45. The molecule has 1 aliphatic carbocycles. The molecule has 2 amide bonds. The first kappa shape index (κ1) is 22.2. The topological polar surface area (TPSA) is 117 Å². The number of hydrogen-bond acceptors (Lipinski definition) is 7. The predicted octanol–water partition coefficient (Wildman–Crippen LogP) is 2.74. The molecule has 0 spiro atoms. The average Bonchev–Trinajstić information content (AvgIpc) is 3.21. The zero-order valence-electron chi connectivity index (χ0n) is 18.5. The van der Waals surface area contributed by atoms with E-state index in [1.807, 2.05) is 18.2 Å². The van der Waals surface area contributed by atoms with Gasteiger partial charge in [0.25, 0.3) is 5.91 Å². The highest BCUT2D eigenvalue weighted by atomic mass is 16.5. The van der Waals surface area contributed by atoms with Gasteiger partial charge in [-0.05, 0) is 42.2 Å². The first-order valence-electron chi connectivity index (χ1n) is 10.6. The average molecular weight is 447 g/mol. The largest absolute Gasteiger partial charge is 0.375 e. The molecule has 0 aliphatic heterocycles. The predicted molar refractivity (Wildman–Crippen MR) is 127 cm³/mol. The molecule has 9 heteroatoms. The molecule has 0 atom stereocenters. The lowest BCUT2D eigenvalue weighted by atomic mass is 10.1. The molecule has 0 saturated heterocycles. The zero-order valence-corrected chi connectivity index (χ0v) is 18.5. The number of nitrogens with zero attached hydrogens (tertiary/aromatic N) is 2. The monoisotopic (exact) mass is 446 g/mol. The minimum Gasteiger partial charge on any atom is -0.375 e. The number of ether oxygens (including phenoxy) is 1. The van der Waals surface area contributed by atoms with Crippen molar-refractivity contribution in [3.8, 4) is 0 Å². The Morgan fingerprint density at radius 3 is 2.48 bits per heavy atom. The van der Waals surface area contributed by atoms with Gasteiger partial charge in [0.2, 0.25) is 11.9 Å². The van der Waals surface area contributed by atoms with Gasteiger partial charge in [0.15, 0.2) is 0 Å². The summed E-state index contributed by atoms with van der Waals surface area (Å²) < 4.78 is 4.84. The fourth-order valence-electron chi connectivity index (χ4n) is 3.84. The van der Waals surface area contributed by atoms with E-state index >= 15 is 0 Å². The Kier molecular flexibility index (Phi) is 6.80. The van der Waals surface area contributed by atoms with Crippen LogP contribution in [-0.2, 0) is 22.4 Å². The number of aromatic nitrogens is 2. The van der Waals surface area contributed by atoms with Gasteiger partial charge in [-0.2, -0.15) is 4.98 Å². The molecule has 0 saturated carbocycles. The number of rotatable bonds is 8. The molecule has 0 fully saturated rings. The van der Waals surface area contributed by atoms with Crippen molar-refractivity contribution in [1.29, 1.82) is 0 Å². The highest BCUT2D eigenvalue weighted by Gasteiger charge is 2.23. The Balaban J connectivity index is 1.53. The summed E-state index contributed by atoms with van der Waals surface area (Å²) >= 11 is 0. The molecule has 0 radical (unpaired) electrons. The van der Waals surface area contributed by atoms with Crippen molar-refractivity contribution in [3.05, 3.63) is 71.4 Å². The second-order valence-electron chi connectivity index (χ2n) is 7.74. The maximum absolute atomic E-state index is 12.4. The summed E-state index contributed by atoms with van der Waals surface area (Å²) in [5.74, 6) is 0.294. The number of carbonyl (C=O) groups is 2. The highest BCUT2D eigenvalue weighted by molar-refractivity contribution is 5.98. The van der Waals surface area contributed by atoms with E-state index in [2.05, 4.69) is 43.4 Å². The smallest absolute Gasteiger partial charge is 0.256 e. The zero-order chi connectivity index (χ0) is 23.2. The summed E-state index contributed by atoms with van der Waals surface area (Å²) in [6, 6.07) is 15.6. The first-order valence-corrected chi connectivity index (χ1v) is 10.6. The fraction of sp³-hybridized carbons (Fsp3) is 0.250. The molecule has 0 bridgehead atoms. The number of benzene rings is 2. The Morgan fingerprint density at radius 2 is 1.79 bits per heavy atom. The van der Waals surface area contributed by atoms with Crippen LogP contribution in [0.25, 0.3) is 0 Å². The van der Waals surface area contributed by atoms with Crippen molar-refractivity contribution in [2.75, 3.05) is 36.7 Å². The molecule has 4 rings (SSSR count). The third-order valence-electron chi connectivity index (χ3n) is 5.33. The molecule has 1 aromatic heterocycles. The molecule has 9 nitrogen and oxygen atoms in total. The second-order valence-corrected chi connectivity index (χ2v) is 7.74. The molecular formula is C24H26N6O3. The van der Waals surface area contributed by atoms with Gasteiger partial charge < -0.3 is 26.0 Å². The van der Waals surface area contributed by atoms with Crippen LogP contribution in [0.1, 0.15) is 21.5 Å². The van der Waals surface area contributed by atoms with Gasteiger partial charge in [-0.25, -0.2) is 4.98 Å². The normalized spacial score (nSPS) is 12.7. The van der Waals surface area contributed by atoms with Gasteiger partial charge in [-0.15, -0.1) is 0 Å². The fourth-order valence-corrected chi connectivity index (χ4v) is 3.84. The Labute approximate surface area is 192 Å². The molecule has 0 unspecified atom stereocenters. The summed E-state index contributed by atoms with van der Waals surface area (Å²) in [7, 11) is 3.04. The van der Waals surface area contributed by atoms with Crippen LogP contribution in [0.15, 0.2) is 54.7 Å². The number of anilines is 4.